The molecule has 1 aromatic carbocycles. The van der Waals surface area contributed by atoms with E-state index in [9.17, 15) is 27.9 Å². The Morgan fingerprint density at radius 1 is 1.39 bits per heavy atom. The lowest BCUT2D eigenvalue weighted by Crippen LogP contribution is -2.59. The number of amides is 2. The van der Waals surface area contributed by atoms with Crippen LogP contribution in [0, 0.1) is 6.92 Å². The van der Waals surface area contributed by atoms with E-state index in [0.29, 0.717) is 23.2 Å². The van der Waals surface area contributed by atoms with E-state index in [-0.39, 0.29) is 22.9 Å². The zero-order valence-corrected chi connectivity index (χ0v) is 17.4. The summed E-state index contributed by atoms with van der Waals surface area (Å²) in [6, 6.07) is 3.99. The molecule has 11 heteroatoms. The van der Waals surface area contributed by atoms with Crippen LogP contribution in [-0.4, -0.2) is 56.9 Å². The first kappa shape index (κ1) is 22.7. The predicted octanol–water partition coefficient (Wildman–Crippen LogP) is 3.86. The molecule has 1 fully saturated rings. The average Bonchev–Trinajstić information content (AvgIpc) is 3.29. The van der Waals surface area contributed by atoms with Crippen molar-refractivity contribution in [3.8, 4) is 11.4 Å². The smallest absolute Gasteiger partial charge is 0.435 e. The summed E-state index contributed by atoms with van der Waals surface area (Å²) in [4.78, 5) is 27.9. The maximum Gasteiger partial charge on any atom is 0.513 e. The topological polar surface area (TPSA) is 105 Å². The van der Waals surface area contributed by atoms with Crippen LogP contribution in [-0.2, 0) is 6.18 Å². The zero-order valence-electron chi connectivity index (χ0n) is 17.4. The van der Waals surface area contributed by atoms with Crippen molar-refractivity contribution < 1.29 is 36.9 Å². The Bertz CT molecular complexity index is 991. The minimum Gasteiger partial charge on any atom is -0.435 e. The van der Waals surface area contributed by atoms with E-state index in [2.05, 4.69) is 20.0 Å². The van der Waals surface area contributed by atoms with Crippen LogP contribution in [0.25, 0.3) is 11.4 Å². The maximum absolute atomic E-state index is 12.7. The summed E-state index contributed by atoms with van der Waals surface area (Å²) >= 11 is 0. The first-order chi connectivity index (χ1) is 14.4. The number of rotatable bonds is 5. The van der Waals surface area contributed by atoms with Crippen molar-refractivity contribution in [2.24, 2.45) is 0 Å². The molecule has 0 saturated carbocycles. The SMILES string of the molecule is Cc1cc(C(=O)N[C@H](C)C[N+]2(C(=O)O)CCC[C@@H]2C)ccc1-c1noc(C(F)(F)F)n1. The highest BCUT2D eigenvalue weighted by Gasteiger charge is 2.47. The number of alkyl halides is 3. The summed E-state index contributed by atoms with van der Waals surface area (Å²) in [7, 11) is 0. The normalized spacial score (nSPS) is 22.3. The lowest BCUT2D eigenvalue weighted by atomic mass is 10.0. The molecule has 1 aliphatic heterocycles. The van der Waals surface area contributed by atoms with E-state index in [1.54, 1.807) is 13.8 Å². The minimum absolute atomic E-state index is 0.0325. The van der Waals surface area contributed by atoms with Crippen LogP contribution in [0.4, 0.5) is 18.0 Å². The standard InChI is InChI=1S/C20H23F3N4O4/c1-11-9-14(6-7-15(11)16-25-18(31-26-16)20(21,22)23)17(28)24-12(2)10-27(19(29)30)8-4-5-13(27)3/h6-7,9,12-13H,4-5,8,10H2,1-3H3,(H-,24,28,29,30)/p+1/t12-,13+,27?/m1/s1. The fraction of sp³-hybridized carbons (Fsp3) is 0.500. The Hall–Kier alpha value is -2.95. The molecule has 0 spiro atoms. The number of carbonyl (C=O) groups excluding carboxylic acids is 1. The quantitative estimate of drug-likeness (QED) is 0.683. The highest BCUT2D eigenvalue weighted by atomic mass is 19.4. The fourth-order valence-electron chi connectivity index (χ4n) is 4.12. The summed E-state index contributed by atoms with van der Waals surface area (Å²) in [6.45, 7) is 6.07. The molecule has 1 unspecified atom stereocenters. The zero-order chi connectivity index (χ0) is 23.0. The third kappa shape index (κ3) is 4.55. The van der Waals surface area contributed by atoms with Crippen molar-refractivity contribution in [1.29, 1.82) is 0 Å². The van der Waals surface area contributed by atoms with Gasteiger partial charge in [0, 0.05) is 24.0 Å². The number of carboxylic acid groups (broad SMARTS) is 1. The third-order valence-electron chi connectivity index (χ3n) is 5.78. The van der Waals surface area contributed by atoms with Gasteiger partial charge in [0.25, 0.3) is 5.91 Å². The molecule has 3 rings (SSSR count). The van der Waals surface area contributed by atoms with Gasteiger partial charge in [0.1, 0.15) is 6.54 Å². The number of hydrogen-bond donors (Lipinski definition) is 2. The Morgan fingerprint density at radius 3 is 2.61 bits per heavy atom. The van der Waals surface area contributed by atoms with Gasteiger partial charge in [-0.15, -0.1) is 0 Å². The number of quaternary nitrogens is 1. The first-order valence-electron chi connectivity index (χ1n) is 9.87. The van der Waals surface area contributed by atoms with Crippen molar-refractivity contribution in [3.63, 3.8) is 0 Å². The molecule has 2 heterocycles. The molecule has 3 atom stereocenters. The fourth-order valence-corrected chi connectivity index (χ4v) is 4.12. The summed E-state index contributed by atoms with van der Waals surface area (Å²) < 4.78 is 42.2. The van der Waals surface area contributed by atoms with Gasteiger partial charge in [-0.05, 0) is 38.5 Å². The predicted molar refractivity (Wildman–Crippen MR) is 103 cm³/mol. The van der Waals surface area contributed by atoms with Gasteiger partial charge in [-0.25, -0.2) is 4.48 Å². The van der Waals surface area contributed by atoms with Crippen LogP contribution in [0.15, 0.2) is 22.7 Å². The monoisotopic (exact) mass is 441 g/mol. The molecule has 1 aliphatic rings. The average molecular weight is 441 g/mol. The van der Waals surface area contributed by atoms with Crippen LogP contribution < -0.4 is 5.32 Å². The van der Waals surface area contributed by atoms with Crippen molar-refractivity contribution in [2.75, 3.05) is 13.1 Å². The molecule has 2 N–H and O–H groups in total. The molecule has 1 saturated heterocycles. The second-order valence-electron chi connectivity index (χ2n) is 8.04. The molecule has 2 amide bonds. The number of nitrogens with zero attached hydrogens (tertiary/aromatic N) is 3. The van der Waals surface area contributed by atoms with Gasteiger partial charge in [0.15, 0.2) is 0 Å². The number of nitrogens with one attached hydrogen (secondary N) is 1. The van der Waals surface area contributed by atoms with E-state index < -0.39 is 30.1 Å². The molecule has 8 nitrogen and oxygen atoms in total. The lowest BCUT2D eigenvalue weighted by molar-refractivity contribution is -0.868. The number of aryl methyl sites for hydroxylation is 1. The van der Waals surface area contributed by atoms with Gasteiger partial charge < -0.3 is 14.9 Å². The molecular formula is C20H24F3N4O4+. The van der Waals surface area contributed by atoms with Gasteiger partial charge >= 0.3 is 18.2 Å². The molecule has 2 aromatic rings. The largest absolute Gasteiger partial charge is 0.513 e. The number of halogens is 3. The first-order valence-corrected chi connectivity index (χ1v) is 9.87. The van der Waals surface area contributed by atoms with Crippen LogP contribution >= 0.6 is 0 Å². The van der Waals surface area contributed by atoms with Crippen molar-refractivity contribution >= 4 is 12.0 Å². The number of benzene rings is 1. The van der Waals surface area contributed by atoms with E-state index in [4.69, 9.17) is 0 Å². The summed E-state index contributed by atoms with van der Waals surface area (Å²) in [6.07, 6.45) is -4.00. The number of aromatic nitrogens is 2. The van der Waals surface area contributed by atoms with Gasteiger partial charge in [-0.3, -0.25) is 4.79 Å². The highest BCUT2D eigenvalue weighted by Crippen LogP contribution is 2.31. The third-order valence-corrected chi connectivity index (χ3v) is 5.78. The van der Waals surface area contributed by atoms with Crippen LogP contribution in [0.2, 0.25) is 0 Å². The lowest BCUT2D eigenvalue weighted by Gasteiger charge is -2.34. The van der Waals surface area contributed by atoms with E-state index in [1.807, 2.05) is 6.92 Å². The number of likely N-dealkylation sites (tertiary alicyclic amines) is 1. The summed E-state index contributed by atoms with van der Waals surface area (Å²) in [5, 5.41) is 15.9. The van der Waals surface area contributed by atoms with E-state index in [0.717, 1.165) is 12.8 Å². The summed E-state index contributed by atoms with van der Waals surface area (Å²) in [5.41, 5.74) is 1.10. The van der Waals surface area contributed by atoms with Crippen molar-refractivity contribution in [1.82, 2.24) is 15.5 Å². The Kier molecular flexibility index (Phi) is 6.08. The van der Waals surface area contributed by atoms with E-state index in [1.165, 1.54) is 18.2 Å². The highest BCUT2D eigenvalue weighted by molar-refractivity contribution is 5.95. The van der Waals surface area contributed by atoms with Gasteiger partial charge in [-0.2, -0.15) is 22.9 Å². The Balaban J connectivity index is 1.72. The summed E-state index contributed by atoms with van der Waals surface area (Å²) in [5.74, 6) is -2.06. The van der Waals surface area contributed by atoms with Crippen LogP contribution in [0.3, 0.4) is 0 Å². The molecular weight excluding hydrogens is 417 g/mol. The van der Waals surface area contributed by atoms with Gasteiger partial charge in [0.05, 0.1) is 18.6 Å². The molecule has 0 aliphatic carbocycles. The van der Waals surface area contributed by atoms with E-state index >= 15 is 0 Å². The second-order valence-corrected chi connectivity index (χ2v) is 8.04. The molecule has 1 aromatic heterocycles. The van der Waals surface area contributed by atoms with Crippen molar-refractivity contribution in [3.05, 3.63) is 35.2 Å². The van der Waals surface area contributed by atoms with Gasteiger partial charge in [-0.1, -0.05) is 11.2 Å². The number of hydrogen-bond acceptors (Lipinski definition) is 5. The van der Waals surface area contributed by atoms with Gasteiger partial charge in [0.2, 0.25) is 5.82 Å². The molecule has 168 valence electrons. The van der Waals surface area contributed by atoms with Crippen molar-refractivity contribution in [2.45, 2.75) is 51.9 Å². The number of carbonyl (C=O) groups is 2. The molecule has 0 bridgehead atoms. The molecule has 31 heavy (non-hydrogen) atoms. The van der Waals surface area contributed by atoms with Crippen LogP contribution in [0.5, 0.6) is 0 Å². The second kappa shape index (κ2) is 8.29. The maximum atomic E-state index is 12.7. The Labute approximate surface area is 176 Å². The van der Waals surface area contributed by atoms with Crippen LogP contribution in [0.1, 0.15) is 48.5 Å². The molecule has 0 radical (unpaired) electrons. The Morgan fingerprint density at radius 2 is 2.10 bits per heavy atom. The minimum atomic E-state index is -4.74.